The second kappa shape index (κ2) is 10.9. The van der Waals surface area contributed by atoms with Crippen LogP contribution >= 0.6 is 23.2 Å². The number of carbonyl (C=O) groups is 1. The average molecular weight is 440 g/mol. The maximum absolute atomic E-state index is 13.3. The van der Waals surface area contributed by atoms with Crippen LogP contribution < -0.4 is 10.1 Å². The van der Waals surface area contributed by atoms with Crippen molar-refractivity contribution in [2.45, 2.75) is 19.1 Å². The second-order valence-electron chi connectivity index (χ2n) is 6.11. The van der Waals surface area contributed by atoms with Crippen molar-refractivity contribution in [1.29, 1.82) is 0 Å². The molecule has 0 heterocycles. The van der Waals surface area contributed by atoms with Gasteiger partial charge in [-0.05, 0) is 29.8 Å². The van der Waals surface area contributed by atoms with Crippen LogP contribution in [0.5, 0.6) is 5.75 Å². The summed E-state index contributed by atoms with van der Waals surface area (Å²) in [6.45, 7) is 7.26. The molecule has 0 saturated carbocycles. The zero-order chi connectivity index (χ0) is 21.4. The maximum atomic E-state index is 13.3. The van der Waals surface area contributed by atoms with Crippen LogP contribution in [0, 0.1) is 5.82 Å². The molecule has 0 aliphatic rings. The first kappa shape index (κ1) is 22.7. The first-order valence-corrected chi connectivity index (χ1v) is 9.29. The minimum absolute atomic E-state index is 0.0446. The average Bonchev–Trinajstić information content (AvgIpc) is 2.68. The molecule has 0 fully saturated rings. The van der Waals surface area contributed by atoms with Crippen LogP contribution in [-0.2, 0) is 16.1 Å². The zero-order valence-electron chi connectivity index (χ0n) is 15.5. The number of ether oxygens (including phenoxy) is 2. The number of rotatable bonds is 10. The molecular formula is C21H20Cl2FNO4. The molecule has 2 N–H and O–H groups in total. The predicted molar refractivity (Wildman–Crippen MR) is 110 cm³/mol. The molecule has 1 unspecified atom stereocenters. The molecule has 0 aliphatic carbocycles. The van der Waals surface area contributed by atoms with Crippen molar-refractivity contribution in [3.05, 3.63) is 88.5 Å². The van der Waals surface area contributed by atoms with Gasteiger partial charge in [-0.2, -0.15) is 0 Å². The highest BCUT2D eigenvalue weighted by molar-refractivity contribution is 6.30. The molecule has 8 heteroatoms. The molecule has 0 aliphatic heterocycles. The van der Waals surface area contributed by atoms with Crippen LogP contribution in [0.15, 0.2) is 67.1 Å². The smallest absolute Gasteiger partial charge is 0.262 e. The lowest BCUT2D eigenvalue weighted by Crippen LogP contribution is -2.33. The molecule has 0 spiro atoms. The van der Waals surface area contributed by atoms with Crippen molar-refractivity contribution in [3.8, 4) is 5.75 Å². The Bertz CT molecular complexity index is 887. The summed E-state index contributed by atoms with van der Waals surface area (Å²) in [4.78, 5) is 11.9. The Hall–Kier alpha value is -2.54. The third kappa shape index (κ3) is 7.77. The molecule has 0 aromatic heterocycles. The zero-order valence-corrected chi connectivity index (χ0v) is 17.0. The maximum Gasteiger partial charge on any atom is 0.262 e. The number of hydrogen-bond acceptors (Lipinski definition) is 4. The summed E-state index contributed by atoms with van der Waals surface area (Å²) >= 11 is 11.4. The Labute approximate surface area is 178 Å². The highest BCUT2D eigenvalue weighted by Crippen LogP contribution is 2.20. The van der Waals surface area contributed by atoms with Gasteiger partial charge in [-0.1, -0.05) is 48.5 Å². The minimum atomic E-state index is -1.09. The standard InChI is InChI=1S/C21H20Cl2FNO4/c1-13(28-11-15-3-5-16(22)6-4-15)9-20(26)14(2)25-21(27)12-29-17-7-8-18(23)19(24)10-17/h3-8,10,20,26H,1-2,9,11-12H2,(H,25,27). The Morgan fingerprint density at radius 1 is 1.17 bits per heavy atom. The number of halogens is 3. The number of nitrogens with one attached hydrogen (secondary N) is 1. The fourth-order valence-corrected chi connectivity index (χ4v) is 2.42. The van der Waals surface area contributed by atoms with Gasteiger partial charge in [0.15, 0.2) is 6.61 Å². The van der Waals surface area contributed by atoms with E-state index in [0.29, 0.717) is 10.8 Å². The Morgan fingerprint density at radius 2 is 1.86 bits per heavy atom. The van der Waals surface area contributed by atoms with Gasteiger partial charge in [0, 0.05) is 23.2 Å². The summed E-state index contributed by atoms with van der Waals surface area (Å²) in [5.74, 6) is -0.730. The molecule has 154 valence electrons. The van der Waals surface area contributed by atoms with E-state index in [-0.39, 0.29) is 36.1 Å². The van der Waals surface area contributed by atoms with E-state index in [1.165, 1.54) is 12.1 Å². The van der Waals surface area contributed by atoms with E-state index in [4.69, 9.17) is 32.7 Å². The number of aliphatic hydroxyl groups is 1. The fourth-order valence-electron chi connectivity index (χ4n) is 2.18. The SMILES string of the molecule is C=C(CC(O)C(=C)NC(=O)COc1ccc(Cl)c(F)c1)OCc1ccc(Cl)cc1. The number of amides is 1. The van der Waals surface area contributed by atoms with E-state index in [1.54, 1.807) is 12.1 Å². The number of hydrogen-bond donors (Lipinski definition) is 2. The molecule has 0 radical (unpaired) electrons. The monoisotopic (exact) mass is 439 g/mol. The van der Waals surface area contributed by atoms with E-state index >= 15 is 0 Å². The van der Waals surface area contributed by atoms with E-state index in [1.807, 2.05) is 12.1 Å². The lowest BCUT2D eigenvalue weighted by Gasteiger charge is -2.17. The van der Waals surface area contributed by atoms with Gasteiger partial charge in [0.2, 0.25) is 0 Å². The quantitative estimate of drug-likeness (QED) is 0.529. The van der Waals surface area contributed by atoms with Gasteiger partial charge in [-0.15, -0.1) is 0 Å². The molecule has 0 bridgehead atoms. The van der Waals surface area contributed by atoms with E-state index in [2.05, 4.69) is 18.5 Å². The van der Waals surface area contributed by atoms with Crippen molar-refractivity contribution in [3.63, 3.8) is 0 Å². The first-order chi connectivity index (χ1) is 13.7. The van der Waals surface area contributed by atoms with Crippen LogP contribution in [0.3, 0.4) is 0 Å². The van der Waals surface area contributed by atoms with Crippen LogP contribution in [0.25, 0.3) is 0 Å². The van der Waals surface area contributed by atoms with E-state index < -0.39 is 17.8 Å². The molecule has 2 aromatic carbocycles. The molecule has 0 saturated heterocycles. The molecule has 1 atom stereocenters. The van der Waals surface area contributed by atoms with Gasteiger partial charge in [0.05, 0.1) is 10.8 Å². The highest BCUT2D eigenvalue weighted by Gasteiger charge is 2.15. The first-order valence-electron chi connectivity index (χ1n) is 8.54. The predicted octanol–water partition coefficient (Wildman–Crippen LogP) is 4.62. The summed E-state index contributed by atoms with van der Waals surface area (Å²) in [7, 11) is 0. The van der Waals surface area contributed by atoms with E-state index in [9.17, 15) is 14.3 Å². The summed E-state index contributed by atoms with van der Waals surface area (Å²) in [6.07, 6.45) is -1.04. The Balaban J connectivity index is 1.72. The number of aliphatic hydroxyl groups excluding tert-OH is 1. The third-order valence-electron chi connectivity index (χ3n) is 3.74. The van der Waals surface area contributed by atoms with Crippen molar-refractivity contribution < 1.29 is 23.8 Å². The minimum Gasteiger partial charge on any atom is -0.494 e. The fraction of sp³-hybridized carbons (Fsp3) is 0.190. The lowest BCUT2D eigenvalue weighted by molar-refractivity contribution is -0.122. The van der Waals surface area contributed by atoms with Gasteiger partial charge < -0.3 is 19.9 Å². The van der Waals surface area contributed by atoms with Gasteiger partial charge >= 0.3 is 0 Å². The molecule has 2 rings (SSSR count). The van der Waals surface area contributed by atoms with Gasteiger partial charge in [-0.25, -0.2) is 4.39 Å². The van der Waals surface area contributed by atoms with E-state index in [0.717, 1.165) is 11.6 Å². The Morgan fingerprint density at radius 3 is 2.52 bits per heavy atom. The number of carbonyl (C=O) groups excluding carboxylic acids is 1. The van der Waals surface area contributed by atoms with Crippen molar-refractivity contribution in [2.24, 2.45) is 0 Å². The van der Waals surface area contributed by atoms with Crippen LogP contribution in [0.4, 0.5) is 4.39 Å². The van der Waals surface area contributed by atoms with Crippen molar-refractivity contribution >= 4 is 29.1 Å². The van der Waals surface area contributed by atoms with Crippen LogP contribution in [0.1, 0.15) is 12.0 Å². The molecular weight excluding hydrogens is 420 g/mol. The second-order valence-corrected chi connectivity index (χ2v) is 6.96. The van der Waals surface area contributed by atoms with Crippen LogP contribution in [-0.4, -0.2) is 23.7 Å². The highest BCUT2D eigenvalue weighted by atomic mass is 35.5. The van der Waals surface area contributed by atoms with Crippen molar-refractivity contribution in [2.75, 3.05) is 6.61 Å². The summed E-state index contributed by atoms with van der Waals surface area (Å²) < 4.78 is 24.0. The largest absolute Gasteiger partial charge is 0.494 e. The summed E-state index contributed by atoms with van der Waals surface area (Å²) in [5, 5.41) is 13.1. The third-order valence-corrected chi connectivity index (χ3v) is 4.30. The molecule has 1 amide bonds. The number of benzene rings is 2. The van der Waals surface area contributed by atoms with Crippen LogP contribution in [0.2, 0.25) is 10.0 Å². The topological polar surface area (TPSA) is 67.8 Å². The van der Waals surface area contributed by atoms with Gasteiger partial charge in [0.25, 0.3) is 5.91 Å². The van der Waals surface area contributed by atoms with Gasteiger partial charge in [-0.3, -0.25) is 4.79 Å². The molecule has 29 heavy (non-hydrogen) atoms. The molecule has 5 nitrogen and oxygen atoms in total. The normalized spacial score (nSPS) is 11.4. The Kier molecular flexibility index (Phi) is 8.51. The lowest BCUT2D eigenvalue weighted by atomic mass is 10.2. The summed E-state index contributed by atoms with van der Waals surface area (Å²) in [6, 6.07) is 11.0. The summed E-state index contributed by atoms with van der Waals surface area (Å²) in [5.41, 5.74) is 0.963. The van der Waals surface area contributed by atoms with Crippen molar-refractivity contribution in [1.82, 2.24) is 5.32 Å². The molecule has 2 aromatic rings. The van der Waals surface area contributed by atoms with Gasteiger partial charge in [0.1, 0.15) is 24.3 Å².